The molecule has 118 valence electrons. The van der Waals surface area contributed by atoms with Gasteiger partial charge in [-0.25, -0.2) is 4.98 Å². The molecule has 1 saturated carbocycles. The molecule has 1 unspecified atom stereocenters. The fraction of sp³-hybridized carbons (Fsp3) is 0.562. The predicted molar refractivity (Wildman–Crippen MR) is 81.3 cm³/mol. The van der Waals surface area contributed by atoms with E-state index in [1.54, 1.807) is 6.20 Å². The molecule has 0 spiro atoms. The molecule has 22 heavy (non-hydrogen) atoms. The Hall–Kier alpha value is -1.95. The first-order valence-electron chi connectivity index (χ1n) is 7.86. The van der Waals surface area contributed by atoms with Gasteiger partial charge in [0, 0.05) is 12.7 Å². The van der Waals surface area contributed by atoms with Gasteiger partial charge in [-0.1, -0.05) is 0 Å². The molecule has 6 heteroatoms. The summed E-state index contributed by atoms with van der Waals surface area (Å²) in [7, 11) is 0. The molecule has 2 amide bonds. The van der Waals surface area contributed by atoms with Gasteiger partial charge in [-0.2, -0.15) is 0 Å². The number of rotatable bonds is 4. The number of nitrogens with one attached hydrogen (secondary N) is 1. The summed E-state index contributed by atoms with van der Waals surface area (Å²) in [6.45, 7) is 0.476. The fourth-order valence-corrected chi connectivity index (χ4v) is 2.78. The number of anilines is 1. The standard InChI is InChI=1S/C16H21N3O3/c20-13-3-1-2-8-19(16(13)22)10-15(21)18-14-9-12(6-7-17-14)11-4-5-11/h6-7,9,11,13,20H,1-5,8,10H2,(H,17,18,21). The smallest absolute Gasteiger partial charge is 0.251 e. The van der Waals surface area contributed by atoms with Crippen LogP contribution in [0.25, 0.3) is 0 Å². The molecule has 2 heterocycles. The lowest BCUT2D eigenvalue weighted by Crippen LogP contribution is -2.42. The number of likely N-dealkylation sites (tertiary alicyclic amines) is 1. The van der Waals surface area contributed by atoms with Crippen LogP contribution in [-0.4, -0.2) is 46.0 Å². The van der Waals surface area contributed by atoms with Crippen LogP contribution < -0.4 is 5.32 Å². The molecule has 0 bridgehead atoms. The number of aliphatic hydroxyl groups is 1. The third kappa shape index (κ3) is 3.62. The molecule has 1 aromatic rings. The van der Waals surface area contributed by atoms with Crippen molar-refractivity contribution in [3.05, 3.63) is 23.9 Å². The summed E-state index contributed by atoms with van der Waals surface area (Å²) in [5, 5.41) is 12.4. The van der Waals surface area contributed by atoms with Gasteiger partial charge in [-0.3, -0.25) is 9.59 Å². The van der Waals surface area contributed by atoms with Gasteiger partial charge in [-0.15, -0.1) is 0 Å². The van der Waals surface area contributed by atoms with Crippen LogP contribution in [0.15, 0.2) is 18.3 Å². The number of aliphatic hydroxyl groups excluding tert-OH is 1. The van der Waals surface area contributed by atoms with E-state index in [4.69, 9.17) is 0 Å². The maximum atomic E-state index is 12.1. The topological polar surface area (TPSA) is 82.5 Å². The third-order valence-electron chi connectivity index (χ3n) is 4.19. The molecular formula is C16H21N3O3. The Morgan fingerprint density at radius 2 is 2.18 bits per heavy atom. The summed E-state index contributed by atoms with van der Waals surface area (Å²) in [6.07, 6.45) is 5.19. The SMILES string of the molecule is O=C(CN1CCCCC(O)C1=O)Nc1cc(C2CC2)ccn1. The Labute approximate surface area is 129 Å². The minimum absolute atomic E-state index is 0.0365. The van der Waals surface area contributed by atoms with Crippen LogP contribution in [0.3, 0.4) is 0 Å². The molecule has 0 radical (unpaired) electrons. The maximum absolute atomic E-state index is 12.1. The van der Waals surface area contributed by atoms with Crippen molar-refractivity contribution in [3.63, 3.8) is 0 Å². The van der Waals surface area contributed by atoms with Crippen molar-refractivity contribution >= 4 is 17.6 Å². The molecule has 3 rings (SSSR count). The average molecular weight is 303 g/mol. The van der Waals surface area contributed by atoms with E-state index in [0.29, 0.717) is 24.7 Å². The molecular weight excluding hydrogens is 282 g/mol. The summed E-state index contributed by atoms with van der Waals surface area (Å²) >= 11 is 0. The molecule has 1 aromatic heterocycles. The van der Waals surface area contributed by atoms with Crippen LogP contribution >= 0.6 is 0 Å². The normalized spacial score (nSPS) is 22.3. The van der Waals surface area contributed by atoms with Crippen molar-refractivity contribution in [2.45, 2.75) is 44.1 Å². The summed E-state index contributed by atoms with van der Waals surface area (Å²) in [5.41, 5.74) is 1.20. The van der Waals surface area contributed by atoms with E-state index in [-0.39, 0.29) is 18.4 Å². The summed E-state index contributed by atoms with van der Waals surface area (Å²) in [4.78, 5) is 29.7. The molecule has 2 aliphatic rings. The summed E-state index contributed by atoms with van der Waals surface area (Å²) in [6, 6.07) is 3.87. The Morgan fingerprint density at radius 1 is 1.36 bits per heavy atom. The Kier molecular flexibility index (Phi) is 4.38. The number of aromatic nitrogens is 1. The van der Waals surface area contributed by atoms with Crippen LogP contribution in [0.2, 0.25) is 0 Å². The monoisotopic (exact) mass is 303 g/mol. The van der Waals surface area contributed by atoms with Crippen LogP contribution in [0, 0.1) is 0 Å². The van der Waals surface area contributed by atoms with Gasteiger partial charge < -0.3 is 15.3 Å². The number of hydrogen-bond donors (Lipinski definition) is 2. The van der Waals surface area contributed by atoms with Gasteiger partial charge in [0.2, 0.25) is 5.91 Å². The van der Waals surface area contributed by atoms with E-state index < -0.39 is 6.10 Å². The molecule has 1 saturated heterocycles. The molecule has 0 aromatic carbocycles. The van der Waals surface area contributed by atoms with E-state index in [9.17, 15) is 14.7 Å². The third-order valence-corrected chi connectivity index (χ3v) is 4.19. The molecule has 1 atom stereocenters. The van der Waals surface area contributed by atoms with E-state index in [2.05, 4.69) is 10.3 Å². The minimum Gasteiger partial charge on any atom is -0.383 e. The first kappa shape index (κ1) is 15.0. The number of amides is 2. The van der Waals surface area contributed by atoms with Crippen molar-refractivity contribution in [2.75, 3.05) is 18.4 Å². The van der Waals surface area contributed by atoms with E-state index in [1.165, 1.54) is 23.3 Å². The number of nitrogens with zero attached hydrogens (tertiary/aromatic N) is 2. The zero-order valence-corrected chi connectivity index (χ0v) is 12.5. The highest BCUT2D eigenvalue weighted by Crippen LogP contribution is 2.40. The predicted octanol–water partition coefficient (Wildman–Crippen LogP) is 1.27. The van der Waals surface area contributed by atoms with Crippen LogP contribution in [0.1, 0.15) is 43.6 Å². The van der Waals surface area contributed by atoms with Crippen LogP contribution in [0.5, 0.6) is 0 Å². The lowest BCUT2D eigenvalue weighted by atomic mass is 10.2. The Balaban J connectivity index is 1.59. The van der Waals surface area contributed by atoms with Gasteiger partial charge in [0.25, 0.3) is 5.91 Å². The van der Waals surface area contributed by atoms with Gasteiger partial charge in [0.15, 0.2) is 0 Å². The fourth-order valence-electron chi connectivity index (χ4n) is 2.78. The number of carbonyl (C=O) groups excluding carboxylic acids is 2. The van der Waals surface area contributed by atoms with Crippen LogP contribution in [0.4, 0.5) is 5.82 Å². The highest BCUT2D eigenvalue weighted by atomic mass is 16.3. The summed E-state index contributed by atoms with van der Waals surface area (Å²) in [5.74, 6) is 0.494. The lowest BCUT2D eigenvalue weighted by molar-refractivity contribution is -0.141. The second-order valence-corrected chi connectivity index (χ2v) is 6.07. The highest BCUT2D eigenvalue weighted by Gasteiger charge is 2.27. The van der Waals surface area contributed by atoms with Gasteiger partial charge in [0.1, 0.15) is 11.9 Å². The minimum atomic E-state index is -0.980. The number of pyridine rings is 1. The van der Waals surface area contributed by atoms with E-state index in [0.717, 1.165) is 12.8 Å². The second kappa shape index (κ2) is 6.44. The molecule has 2 fully saturated rings. The van der Waals surface area contributed by atoms with E-state index >= 15 is 0 Å². The average Bonchev–Trinajstić information content (AvgIpc) is 3.34. The second-order valence-electron chi connectivity index (χ2n) is 6.07. The van der Waals surface area contributed by atoms with Crippen molar-refractivity contribution in [1.29, 1.82) is 0 Å². The first-order chi connectivity index (χ1) is 10.6. The molecule has 1 aliphatic carbocycles. The van der Waals surface area contributed by atoms with Crippen molar-refractivity contribution in [1.82, 2.24) is 9.88 Å². The maximum Gasteiger partial charge on any atom is 0.251 e. The van der Waals surface area contributed by atoms with E-state index in [1.807, 2.05) is 12.1 Å². The van der Waals surface area contributed by atoms with Gasteiger partial charge in [-0.05, 0) is 55.7 Å². The van der Waals surface area contributed by atoms with Crippen LogP contribution in [-0.2, 0) is 9.59 Å². The lowest BCUT2D eigenvalue weighted by Gasteiger charge is -2.21. The Bertz CT molecular complexity index is 572. The molecule has 2 N–H and O–H groups in total. The largest absolute Gasteiger partial charge is 0.383 e. The Morgan fingerprint density at radius 3 is 2.95 bits per heavy atom. The first-order valence-corrected chi connectivity index (χ1v) is 7.86. The zero-order chi connectivity index (χ0) is 15.5. The molecule has 6 nitrogen and oxygen atoms in total. The van der Waals surface area contributed by atoms with Crippen molar-refractivity contribution in [3.8, 4) is 0 Å². The van der Waals surface area contributed by atoms with Crippen molar-refractivity contribution in [2.24, 2.45) is 0 Å². The number of hydrogen-bond acceptors (Lipinski definition) is 4. The quantitative estimate of drug-likeness (QED) is 0.877. The zero-order valence-electron chi connectivity index (χ0n) is 12.5. The van der Waals surface area contributed by atoms with Gasteiger partial charge >= 0.3 is 0 Å². The van der Waals surface area contributed by atoms with Gasteiger partial charge in [0.05, 0.1) is 6.54 Å². The highest BCUT2D eigenvalue weighted by molar-refractivity contribution is 5.94. The molecule has 1 aliphatic heterocycles. The van der Waals surface area contributed by atoms with Crippen molar-refractivity contribution < 1.29 is 14.7 Å². The number of carbonyl (C=O) groups is 2. The summed E-state index contributed by atoms with van der Waals surface area (Å²) < 4.78 is 0.